The van der Waals surface area contributed by atoms with Crippen LogP contribution in [-0.4, -0.2) is 71.8 Å². The number of aryl methyl sites for hydroxylation is 1. The summed E-state index contributed by atoms with van der Waals surface area (Å²) in [5.41, 5.74) is 0.331. The maximum Gasteiger partial charge on any atom is 0.410 e. The van der Waals surface area contributed by atoms with E-state index in [0.717, 1.165) is 0 Å². The van der Waals surface area contributed by atoms with E-state index < -0.39 is 23.3 Å². The first kappa shape index (κ1) is 29.2. The topological polar surface area (TPSA) is 106 Å². The summed E-state index contributed by atoms with van der Waals surface area (Å²) in [6.45, 7) is 12.5. The number of anilines is 3. The maximum atomic E-state index is 16.1. The molecule has 0 spiro atoms. The lowest BCUT2D eigenvalue weighted by atomic mass is 9.84. The van der Waals surface area contributed by atoms with E-state index in [2.05, 4.69) is 25.5 Å². The average molecular weight is 582 g/mol. The number of amides is 1. The second-order valence-electron chi connectivity index (χ2n) is 12.7. The Morgan fingerprint density at radius 3 is 2.50 bits per heavy atom. The highest BCUT2D eigenvalue weighted by Gasteiger charge is 2.40. The third kappa shape index (κ3) is 6.14. The van der Waals surface area contributed by atoms with Crippen molar-refractivity contribution in [1.29, 1.82) is 0 Å². The van der Waals surface area contributed by atoms with Crippen LogP contribution in [0.25, 0.3) is 11.0 Å². The van der Waals surface area contributed by atoms with Crippen LogP contribution in [0.2, 0.25) is 0 Å². The van der Waals surface area contributed by atoms with E-state index in [1.807, 2.05) is 46.4 Å². The molecule has 1 aromatic carbocycles. The zero-order chi connectivity index (χ0) is 30.4. The molecule has 1 aliphatic heterocycles. The smallest absolute Gasteiger partial charge is 0.410 e. The quantitative estimate of drug-likeness (QED) is 0.347. The van der Waals surface area contributed by atoms with Crippen LogP contribution in [0.15, 0.2) is 36.9 Å². The van der Waals surface area contributed by atoms with Gasteiger partial charge >= 0.3 is 6.09 Å². The van der Waals surface area contributed by atoms with E-state index in [1.165, 1.54) is 16.8 Å². The molecule has 1 amide bonds. The molecule has 1 fully saturated rings. The number of nitrogens with one attached hydrogen (secondary N) is 1. The van der Waals surface area contributed by atoms with Crippen molar-refractivity contribution in [2.75, 3.05) is 29.9 Å². The lowest BCUT2D eigenvalue weighted by molar-refractivity contribution is -0.000674. The molecule has 13 heteroatoms. The van der Waals surface area contributed by atoms with Crippen LogP contribution in [0.3, 0.4) is 0 Å². The first-order valence-electron chi connectivity index (χ1n) is 13.9. The van der Waals surface area contributed by atoms with Crippen LogP contribution in [0.4, 0.5) is 30.9 Å². The van der Waals surface area contributed by atoms with Crippen molar-refractivity contribution in [2.24, 2.45) is 12.5 Å². The zero-order valence-corrected chi connectivity index (χ0v) is 25.0. The number of benzene rings is 1. The van der Waals surface area contributed by atoms with Gasteiger partial charge in [-0.1, -0.05) is 20.8 Å². The van der Waals surface area contributed by atoms with Gasteiger partial charge in [-0.3, -0.25) is 4.68 Å². The number of hydrogen-bond acceptors (Lipinski definition) is 8. The van der Waals surface area contributed by atoms with E-state index >= 15 is 8.78 Å². The Morgan fingerprint density at radius 1 is 1.07 bits per heavy atom. The second-order valence-corrected chi connectivity index (χ2v) is 12.7. The third-order valence-electron chi connectivity index (χ3n) is 7.16. The molecular formula is C29H37F2N9O2. The standard InChI is InChI=1S/C29H37F2N9O2/c1-28(2,3)23-17-38(10-11-39(23)27(41)42-29(4,5)6)22-9-8-21(30)20(24(22)31)16-40-25-18(13-34-40)12-32-26(36-25)35-19-14-33-37(7)15-19/h8-9,12-15,23H,10-11,16-17H2,1-7H3,(H,32,35,36). The normalized spacial score (nSPS) is 16.3. The predicted octanol–water partition coefficient (Wildman–Crippen LogP) is 5.10. The van der Waals surface area contributed by atoms with Gasteiger partial charge in [-0.15, -0.1) is 0 Å². The Hall–Kier alpha value is -4.29. The van der Waals surface area contributed by atoms with Gasteiger partial charge in [-0.05, 0) is 38.3 Å². The van der Waals surface area contributed by atoms with E-state index in [4.69, 9.17) is 4.74 Å². The number of nitrogens with zero attached hydrogens (tertiary/aromatic N) is 8. The van der Waals surface area contributed by atoms with Crippen molar-refractivity contribution in [3.8, 4) is 0 Å². The number of carbonyl (C=O) groups excluding carboxylic acids is 1. The van der Waals surface area contributed by atoms with Crippen LogP contribution >= 0.6 is 0 Å². The fraction of sp³-hybridized carbons (Fsp3) is 0.483. The van der Waals surface area contributed by atoms with Crippen molar-refractivity contribution in [3.63, 3.8) is 0 Å². The monoisotopic (exact) mass is 581 g/mol. The molecule has 1 atom stereocenters. The maximum absolute atomic E-state index is 16.1. The number of ether oxygens (including phenoxy) is 1. The molecule has 0 radical (unpaired) electrons. The fourth-order valence-corrected chi connectivity index (χ4v) is 5.06. The molecule has 0 bridgehead atoms. The number of aromatic nitrogens is 6. The average Bonchev–Trinajstić information content (AvgIpc) is 3.50. The van der Waals surface area contributed by atoms with E-state index in [9.17, 15) is 4.79 Å². The van der Waals surface area contributed by atoms with Crippen LogP contribution in [0.1, 0.15) is 47.1 Å². The molecule has 11 nitrogen and oxygen atoms in total. The van der Waals surface area contributed by atoms with Gasteiger partial charge in [0.25, 0.3) is 0 Å². The van der Waals surface area contributed by atoms with Crippen LogP contribution in [-0.2, 0) is 18.3 Å². The molecule has 4 aromatic rings. The summed E-state index contributed by atoms with van der Waals surface area (Å²) in [5, 5.41) is 12.2. The molecule has 0 saturated carbocycles. The Bertz CT molecular complexity index is 1600. The van der Waals surface area contributed by atoms with Gasteiger partial charge in [0.15, 0.2) is 11.5 Å². The summed E-state index contributed by atoms with van der Waals surface area (Å²) in [5.74, 6) is -1.04. The Kier molecular flexibility index (Phi) is 7.54. The molecule has 1 N–H and O–H groups in total. The molecule has 1 saturated heterocycles. The highest BCUT2D eigenvalue weighted by molar-refractivity contribution is 5.75. The van der Waals surface area contributed by atoms with Crippen molar-refractivity contribution in [1.82, 2.24) is 34.4 Å². The van der Waals surface area contributed by atoms with Crippen LogP contribution < -0.4 is 10.2 Å². The SMILES string of the molecule is Cn1cc(Nc2ncc3cnn(Cc4c(F)ccc(N5CCN(C(=O)OC(C)(C)C)C(C(C)(C)C)C5)c4F)c3n2)cn1. The minimum Gasteiger partial charge on any atom is -0.444 e. The summed E-state index contributed by atoms with van der Waals surface area (Å²) in [6, 6.07) is 2.47. The minimum atomic E-state index is -0.678. The Labute approximate surface area is 243 Å². The van der Waals surface area contributed by atoms with Crippen LogP contribution in [0, 0.1) is 17.0 Å². The lowest BCUT2D eigenvalue weighted by Crippen LogP contribution is -2.60. The van der Waals surface area contributed by atoms with Gasteiger partial charge in [-0.25, -0.2) is 23.2 Å². The number of halogens is 2. The number of piperazine rings is 1. The molecule has 5 rings (SSSR count). The number of carbonyl (C=O) groups is 1. The van der Waals surface area contributed by atoms with Crippen molar-refractivity contribution in [2.45, 2.75) is 59.7 Å². The first-order valence-corrected chi connectivity index (χ1v) is 13.9. The number of fused-ring (bicyclic) bond motifs is 1. The van der Waals surface area contributed by atoms with Gasteiger partial charge in [0.2, 0.25) is 5.95 Å². The van der Waals surface area contributed by atoms with Gasteiger partial charge < -0.3 is 19.9 Å². The van der Waals surface area contributed by atoms with Crippen molar-refractivity contribution >= 4 is 34.4 Å². The van der Waals surface area contributed by atoms with Crippen molar-refractivity contribution in [3.05, 3.63) is 54.1 Å². The summed E-state index contributed by atoms with van der Waals surface area (Å²) in [7, 11) is 1.80. The second kappa shape index (κ2) is 10.8. The number of rotatable bonds is 5. The van der Waals surface area contributed by atoms with Gasteiger partial charge in [-0.2, -0.15) is 15.2 Å². The van der Waals surface area contributed by atoms with E-state index in [1.54, 1.807) is 41.4 Å². The molecule has 1 aliphatic rings. The highest BCUT2D eigenvalue weighted by Crippen LogP contribution is 2.33. The van der Waals surface area contributed by atoms with E-state index in [-0.39, 0.29) is 29.3 Å². The van der Waals surface area contributed by atoms with Gasteiger partial charge in [0.05, 0.1) is 41.7 Å². The highest BCUT2D eigenvalue weighted by atomic mass is 19.1. The molecule has 42 heavy (non-hydrogen) atoms. The zero-order valence-electron chi connectivity index (χ0n) is 25.0. The van der Waals surface area contributed by atoms with Gasteiger partial charge in [0, 0.05) is 44.6 Å². The van der Waals surface area contributed by atoms with Crippen LogP contribution in [0.5, 0.6) is 0 Å². The molecule has 3 aromatic heterocycles. The molecular weight excluding hydrogens is 544 g/mol. The van der Waals surface area contributed by atoms with Crippen molar-refractivity contribution < 1.29 is 18.3 Å². The molecule has 0 aliphatic carbocycles. The largest absolute Gasteiger partial charge is 0.444 e. The summed E-state index contributed by atoms with van der Waals surface area (Å²) in [6.07, 6.45) is 6.18. The van der Waals surface area contributed by atoms with E-state index in [0.29, 0.717) is 42.3 Å². The summed E-state index contributed by atoms with van der Waals surface area (Å²) >= 11 is 0. The first-order chi connectivity index (χ1) is 19.7. The van der Waals surface area contributed by atoms with Gasteiger partial charge in [0.1, 0.15) is 11.4 Å². The number of hydrogen-bond donors (Lipinski definition) is 1. The summed E-state index contributed by atoms with van der Waals surface area (Å²) < 4.78 is 40.0. The summed E-state index contributed by atoms with van der Waals surface area (Å²) in [4.78, 5) is 25.4. The molecule has 1 unspecified atom stereocenters. The lowest BCUT2D eigenvalue weighted by Gasteiger charge is -2.47. The molecule has 4 heterocycles. The minimum absolute atomic E-state index is 0.125. The Balaban J connectivity index is 1.41. The predicted molar refractivity (Wildman–Crippen MR) is 156 cm³/mol. The molecule has 224 valence electrons. The Morgan fingerprint density at radius 2 is 1.83 bits per heavy atom. The fourth-order valence-electron chi connectivity index (χ4n) is 5.06. The third-order valence-corrected chi connectivity index (χ3v) is 7.16.